The Morgan fingerprint density at radius 2 is 1.69 bits per heavy atom. The van der Waals surface area contributed by atoms with Gasteiger partial charge in [-0.15, -0.1) is 0 Å². The Labute approximate surface area is 455 Å². The molecule has 4 aliphatic rings. The summed E-state index contributed by atoms with van der Waals surface area (Å²) in [6.45, 7) is 12.0. The zero-order valence-corrected chi connectivity index (χ0v) is 46.0. The molecule has 10 rings (SSSR count). The lowest BCUT2D eigenvalue weighted by atomic mass is 9.59. The number of nitro groups is 1. The molecule has 1 amide bonds. The molecule has 0 unspecified atom stereocenters. The summed E-state index contributed by atoms with van der Waals surface area (Å²) in [7, 11) is -1.28. The first-order valence-electron chi connectivity index (χ1n) is 26.7. The maximum absolute atomic E-state index is 14.2. The number of benzene rings is 4. The number of aromatic nitrogens is 2. The molecule has 1 spiro atoms. The van der Waals surface area contributed by atoms with Crippen LogP contribution in [0.5, 0.6) is 23.0 Å². The number of rotatable bonds is 17. The topological polar surface area (TPSA) is 205 Å². The highest BCUT2D eigenvalue weighted by atomic mass is 35.5. The predicted molar refractivity (Wildman–Crippen MR) is 298 cm³/mol. The number of nitrogens with one attached hydrogen (secondary N) is 3. The lowest BCUT2D eigenvalue weighted by molar-refractivity contribution is -0.384. The summed E-state index contributed by atoms with van der Waals surface area (Å²) in [4.78, 5) is 40.4. The van der Waals surface area contributed by atoms with Gasteiger partial charge in [0.15, 0.2) is 11.5 Å². The van der Waals surface area contributed by atoms with Gasteiger partial charge in [0.25, 0.3) is 21.6 Å². The van der Waals surface area contributed by atoms with Crippen LogP contribution in [0.25, 0.3) is 11.0 Å². The number of piperidine rings is 1. The van der Waals surface area contributed by atoms with Crippen molar-refractivity contribution in [1.82, 2.24) is 24.5 Å². The molecular weight excluding hydrogens is 1020 g/mol. The summed E-state index contributed by atoms with van der Waals surface area (Å²) in [6.07, 6.45) is 10.1. The lowest BCUT2D eigenvalue weighted by Crippen LogP contribution is -2.60. The van der Waals surface area contributed by atoms with E-state index in [4.69, 9.17) is 25.8 Å². The van der Waals surface area contributed by atoms with Gasteiger partial charge in [-0.3, -0.25) is 24.7 Å². The second-order valence-electron chi connectivity index (χ2n) is 22.2. The molecule has 0 bridgehead atoms. The van der Waals surface area contributed by atoms with E-state index in [-0.39, 0.29) is 40.1 Å². The number of hydrogen-bond acceptors (Lipinski definition) is 14. The molecule has 17 nitrogen and oxygen atoms in total. The van der Waals surface area contributed by atoms with Crippen molar-refractivity contribution in [3.63, 3.8) is 0 Å². The highest BCUT2D eigenvalue weighted by molar-refractivity contribution is 7.90. The van der Waals surface area contributed by atoms with E-state index >= 15 is 0 Å². The van der Waals surface area contributed by atoms with E-state index in [1.54, 1.807) is 44.7 Å². The number of H-pyrrole nitrogens is 1. The zero-order valence-electron chi connectivity index (χ0n) is 44.4. The fraction of sp³-hybridized carbons (Fsp3) is 0.448. The Bertz CT molecular complexity index is 3250. The molecule has 2 aromatic heterocycles. The van der Waals surface area contributed by atoms with E-state index in [9.17, 15) is 28.4 Å². The van der Waals surface area contributed by atoms with E-state index in [0.717, 1.165) is 101 Å². The van der Waals surface area contributed by atoms with Gasteiger partial charge in [0.2, 0.25) is 0 Å². The van der Waals surface area contributed by atoms with Crippen LogP contribution in [0.15, 0.2) is 102 Å². The van der Waals surface area contributed by atoms with E-state index < -0.39 is 37.0 Å². The summed E-state index contributed by atoms with van der Waals surface area (Å²) in [5.41, 5.74) is 4.48. The molecule has 4 aromatic carbocycles. The van der Waals surface area contributed by atoms with Crippen molar-refractivity contribution in [2.45, 2.75) is 107 Å². The van der Waals surface area contributed by atoms with E-state index in [1.165, 1.54) is 35.0 Å². The number of hydrogen-bond donors (Lipinski definition) is 4. The second kappa shape index (κ2) is 22.1. The molecule has 0 radical (unpaired) electrons. The quantitative estimate of drug-likeness (QED) is 0.0496. The third kappa shape index (κ3) is 11.7. The first-order valence-corrected chi connectivity index (χ1v) is 28.6. The molecule has 6 aromatic rings. The normalized spacial score (nSPS) is 21.2. The van der Waals surface area contributed by atoms with Crippen LogP contribution in [0.4, 0.5) is 17.1 Å². The smallest absolute Gasteiger partial charge is 0.293 e. The number of fused-ring (bicyclic) bond motifs is 1. The molecule has 4 N–H and O–H groups in total. The number of halogens is 1. The Morgan fingerprint density at radius 1 is 0.935 bits per heavy atom. The van der Waals surface area contributed by atoms with E-state index in [0.29, 0.717) is 47.4 Å². The number of aromatic amines is 1. The van der Waals surface area contributed by atoms with Crippen LogP contribution in [0.3, 0.4) is 0 Å². The number of ether oxygens (including phenoxy) is 3. The molecular formula is C58H69ClN8O9S. The summed E-state index contributed by atoms with van der Waals surface area (Å²) in [5, 5.41) is 26.8. The first kappa shape index (κ1) is 53.9. The highest BCUT2D eigenvalue weighted by Gasteiger charge is 2.50. The van der Waals surface area contributed by atoms with Crippen molar-refractivity contribution >= 4 is 55.6 Å². The van der Waals surface area contributed by atoms with Gasteiger partial charge < -0.3 is 34.5 Å². The van der Waals surface area contributed by atoms with Gasteiger partial charge in [-0.1, -0.05) is 55.8 Å². The Hall–Kier alpha value is -6.44. The summed E-state index contributed by atoms with van der Waals surface area (Å²) >= 11 is 6.45. The van der Waals surface area contributed by atoms with Gasteiger partial charge in [0.05, 0.1) is 46.4 Å². The number of carbonyl (C=O) groups is 1. The SMILES string of the molecule is COc1ccc(CN2CCN(C3CC4(CCN(c5ccc(C(=O)NS(=O)(=O)c6ccc(NCC7CCC(C)(O)CC7)c([N+](=O)[O-])c6)c(Oc6cnc7[nH]cc(Cl)c7c6)c5)CC4)C3)[C@H](c3ccccc3C(C)C)C2)cc1OC. The molecule has 4 heterocycles. The molecule has 2 aliphatic heterocycles. The van der Waals surface area contributed by atoms with E-state index in [2.05, 4.69) is 85.0 Å². The van der Waals surface area contributed by atoms with Gasteiger partial charge in [0, 0.05) is 87.3 Å². The standard InChI is InChI=1S/C58H69ClN8O9S/c1-37(2)44-8-6-7-9-45(44)51-36-64(35-39-10-15-52(74-4)54(26-39)75-5)24-25-66(51)41-30-58(31-41)20-22-65(23-21-58)40-11-13-46(53(27-40)76-42-28-47-48(59)34-62-55(47)61-33-42)56(68)63-77(72,73)43-12-14-49(50(29-43)67(70)71)60-32-38-16-18-57(3,69)19-17-38/h6-15,26-29,33-34,37-38,41,51,60,69H,16-25,30-32,35-36H2,1-5H3,(H,61,62)(H,63,68)/t38?,51-,57?/m0/s1. The second-order valence-corrected chi connectivity index (χ2v) is 24.3. The monoisotopic (exact) mass is 1090 g/mol. The number of sulfonamides is 1. The van der Waals surface area contributed by atoms with Crippen molar-refractivity contribution in [3.05, 3.63) is 135 Å². The van der Waals surface area contributed by atoms with Crippen LogP contribution in [0.2, 0.25) is 5.02 Å². The average Bonchev–Trinajstić information content (AvgIpc) is 3.82. The Morgan fingerprint density at radius 3 is 2.42 bits per heavy atom. The van der Waals surface area contributed by atoms with Gasteiger partial charge in [0.1, 0.15) is 22.8 Å². The van der Waals surface area contributed by atoms with Crippen molar-refractivity contribution < 1.29 is 37.5 Å². The van der Waals surface area contributed by atoms with Crippen LogP contribution in [0.1, 0.15) is 111 Å². The van der Waals surface area contributed by atoms with Crippen LogP contribution in [-0.2, 0) is 16.6 Å². The van der Waals surface area contributed by atoms with Crippen LogP contribution in [-0.4, -0.2) is 109 Å². The number of pyridine rings is 1. The average molecular weight is 1090 g/mol. The third-order valence-electron chi connectivity index (χ3n) is 16.7. The van der Waals surface area contributed by atoms with Crippen LogP contribution in [0, 0.1) is 21.4 Å². The molecule has 4 fully saturated rings. The molecule has 2 saturated heterocycles. The number of methoxy groups -OCH3 is 2. The minimum absolute atomic E-state index is 0.0652. The largest absolute Gasteiger partial charge is 0.493 e. The molecule has 77 heavy (non-hydrogen) atoms. The number of aliphatic hydroxyl groups is 1. The van der Waals surface area contributed by atoms with Crippen molar-refractivity contribution in [3.8, 4) is 23.0 Å². The van der Waals surface area contributed by atoms with Crippen molar-refractivity contribution in [2.75, 3.05) is 63.7 Å². The fourth-order valence-corrected chi connectivity index (χ4v) is 13.4. The Balaban J connectivity index is 0.838. The zero-order chi connectivity index (χ0) is 54.2. The fourth-order valence-electron chi connectivity index (χ4n) is 12.2. The number of anilines is 2. The molecule has 2 saturated carbocycles. The molecule has 408 valence electrons. The van der Waals surface area contributed by atoms with Crippen LogP contribution >= 0.6 is 11.6 Å². The summed E-state index contributed by atoms with van der Waals surface area (Å²) in [6, 6.07) is 26.2. The first-order chi connectivity index (χ1) is 36.9. The van der Waals surface area contributed by atoms with Gasteiger partial charge in [-0.25, -0.2) is 18.1 Å². The van der Waals surface area contributed by atoms with Gasteiger partial charge in [-0.05, 0) is 135 Å². The maximum Gasteiger partial charge on any atom is 0.293 e. The third-order valence-corrected chi connectivity index (χ3v) is 18.3. The number of nitrogens with zero attached hydrogens (tertiary/aromatic N) is 5. The minimum Gasteiger partial charge on any atom is -0.493 e. The van der Waals surface area contributed by atoms with Crippen LogP contribution < -0.4 is 29.1 Å². The molecule has 1 atom stereocenters. The van der Waals surface area contributed by atoms with Gasteiger partial charge >= 0.3 is 0 Å². The maximum atomic E-state index is 14.2. The number of nitro benzene ring substituents is 1. The van der Waals surface area contributed by atoms with Crippen molar-refractivity contribution in [1.29, 1.82) is 0 Å². The highest BCUT2D eigenvalue weighted by Crippen LogP contribution is 2.53. The predicted octanol–water partition coefficient (Wildman–Crippen LogP) is 10.8. The molecule has 19 heteroatoms. The Kier molecular flexibility index (Phi) is 15.5. The number of piperazine rings is 1. The lowest BCUT2D eigenvalue weighted by Gasteiger charge is -2.58. The summed E-state index contributed by atoms with van der Waals surface area (Å²) in [5.74, 6) is 1.43. The number of amides is 1. The van der Waals surface area contributed by atoms with Gasteiger partial charge in [-0.2, -0.15) is 0 Å². The molecule has 2 aliphatic carbocycles. The van der Waals surface area contributed by atoms with Crippen molar-refractivity contribution in [2.24, 2.45) is 11.3 Å². The minimum atomic E-state index is -4.62. The number of carbonyl (C=O) groups excluding carboxylic acids is 1. The summed E-state index contributed by atoms with van der Waals surface area (Å²) < 4.78 is 47.5. The van der Waals surface area contributed by atoms with E-state index in [1.807, 2.05) is 13.0 Å².